The maximum Gasteiger partial charge on any atom is 0.326 e. The number of carboxylic acids is 1. The number of hydrogen-bond donors (Lipinski definition) is 2. The Morgan fingerprint density at radius 2 is 2.10 bits per heavy atom. The number of β-amino-alcohol motifs (C(OH)–C–C–N with tert-alkyl or cyclic N) is 1. The molecule has 20 heavy (non-hydrogen) atoms. The number of halogens is 1. The summed E-state index contributed by atoms with van der Waals surface area (Å²) in [4.78, 5) is 25.1. The Morgan fingerprint density at radius 3 is 2.75 bits per heavy atom. The quantitative estimate of drug-likeness (QED) is 0.823. The second kappa shape index (κ2) is 6.47. The highest BCUT2D eigenvalue weighted by Crippen LogP contribution is 2.28. The molecule has 0 unspecified atom stereocenters. The predicted octanol–water partition coefficient (Wildman–Crippen LogP) is 1.48. The number of nitrogens with zero attached hydrogens (tertiary/aromatic N) is 1. The SMILES string of the molecule is O=C(O)[C@@H]1C[C@H](O)CN1C(=O)CSc1ccccc1Cl. The third kappa shape index (κ3) is 3.45. The lowest BCUT2D eigenvalue weighted by Crippen LogP contribution is -2.41. The standard InChI is InChI=1S/C13H14ClNO4S/c14-9-3-1-2-4-11(9)20-7-12(17)15-6-8(16)5-10(15)13(18)19/h1-4,8,10,16H,5-7H2,(H,18,19)/t8-,10-/m0/s1. The highest BCUT2D eigenvalue weighted by atomic mass is 35.5. The summed E-state index contributed by atoms with van der Waals surface area (Å²) in [5.74, 6) is -1.29. The number of likely N-dealkylation sites (tertiary alicyclic amines) is 1. The van der Waals surface area contributed by atoms with Crippen LogP contribution in [0.5, 0.6) is 0 Å². The molecule has 1 aliphatic heterocycles. The Labute approximate surface area is 125 Å². The fourth-order valence-electron chi connectivity index (χ4n) is 2.11. The number of thioether (sulfide) groups is 1. The Hall–Kier alpha value is -1.24. The van der Waals surface area contributed by atoms with Crippen LogP contribution in [-0.2, 0) is 9.59 Å². The van der Waals surface area contributed by atoms with Gasteiger partial charge in [0.25, 0.3) is 0 Å². The number of aliphatic hydroxyl groups excluding tert-OH is 1. The molecule has 1 fully saturated rings. The normalized spacial score (nSPS) is 22.0. The summed E-state index contributed by atoms with van der Waals surface area (Å²) in [6, 6.07) is 6.20. The summed E-state index contributed by atoms with van der Waals surface area (Å²) in [5, 5.41) is 19.1. The number of benzene rings is 1. The molecule has 1 saturated heterocycles. The minimum Gasteiger partial charge on any atom is -0.480 e. The zero-order chi connectivity index (χ0) is 14.7. The maximum atomic E-state index is 12.1. The smallest absolute Gasteiger partial charge is 0.326 e. The van der Waals surface area contributed by atoms with Crippen LogP contribution in [0.25, 0.3) is 0 Å². The average molecular weight is 316 g/mol. The van der Waals surface area contributed by atoms with E-state index in [1.807, 2.05) is 6.07 Å². The summed E-state index contributed by atoms with van der Waals surface area (Å²) in [7, 11) is 0. The molecule has 108 valence electrons. The van der Waals surface area contributed by atoms with Crippen molar-refractivity contribution in [2.24, 2.45) is 0 Å². The van der Waals surface area contributed by atoms with E-state index >= 15 is 0 Å². The summed E-state index contributed by atoms with van der Waals surface area (Å²) in [5.41, 5.74) is 0. The summed E-state index contributed by atoms with van der Waals surface area (Å²) in [6.07, 6.45) is -0.692. The third-order valence-electron chi connectivity index (χ3n) is 3.07. The molecule has 7 heteroatoms. The number of carbonyl (C=O) groups excluding carboxylic acids is 1. The van der Waals surface area contributed by atoms with Crippen molar-refractivity contribution in [3.8, 4) is 0 Å². The van der Waals surface area contributed by atoms with Gasteiger partial charge < -0.3 is 15.1 Å². The molecule has 1 aromatic rings. The van der Waals surface area contributed by atoms with Gasteiger partial charge in [-0.3, -0.25) is 4.79 Å². The first kappa shape index (κ1) is 15.2. The van der Waals surface area contributed by atoms with Gasteiger partial charge in [-0.25, -0.2) is 4.79 Å². The van der Waals surface area contributed by atoms with E-state index in [1.165, 1.54) is 16.7 Å². The zero-order valence-electron chi connectivity index (χ0n) is 10.5. The molecule has 1 aliphatic rings. The Morgan fingerprint density at radius 1 is 1.40 bits per heavy atom. The van der Waals surface area contributed by atoms with Crippen LogP contribution in [0.4, 0.5) is 0 Å². The van der Waals surface area contributed by atoms with Crippen molar-refractivity contribution >= 4 is 35.2 Å². The van der Waals surface area contributed by atoms with Gasteiger partial charge >= 0.3 is 5.97 Å². The minimum absolute atomic E-state index is 0.0683. The van der Waals surface area contributed by atoms with Gasteiger partial charge in [-0.05, 0) is 12.1 Å². The molecule has 0 aromatic heterocycles. The van der Waals surface area contributed by atoms with E-state index in [4.69, 9.17) is 16.7 Å². The average Bonchev–Trinajstić information content (AvgIpc) is 2.80. The zero-order valence-corrected chi connectivity index (χ0v) is 12.1. The van der Waals surface area contributed by atoms with Crippen LogP contribution in [0.1, 0.15) is 6.42 Å². The third-order valence-corrected chi connectivity index (χ3v) is 4.57. The van der Waals surface area contributed by atoms with Crippen LogP contribution < -0.4 is 0 Å². The Balaban J connectivity index is 1.98. The molecular formula is C13H14ClNO4S. The van der Waals surface area contributed by atoms with Crippen LogP contribution in [0.2, 0.25) is 5.02 Å². The van der Waals surface area contributed by atoms with Gasteiger partial charge in [0.2, 0.25) is 5.91 Å². The molecule has 0 radical (unpaired) electrons. The van der Waals surface area contributed by atoms with Crippen molar-refractivity contribution in [1.29, 1.82) is 0 Å². The number of rotatable bonds is 4. The molecule has 1 aromatic carbocycles. The molecule has 2 N–H and O–H groups in total. The Kier molecular flexibility index (Phi) is 4.91. The fraction of sp³-hybridized carbons (Fsp3) is 0.385. The van der Waals surface area contributed by atoms with Crippen molar-refractivity contribution in [2.45, 2.75) is 23.5 Å². The van der Waals surface area contributed by atoms with Crippen LogP contribution in [0.3, 0.4) is 0 Å². The molecule has 2 rings (SSSR count). The first-order valence-electron chi connectivity index (χ1n) is 6.06. The van der Waals surface area contributed by atoms with Crippen molar-refractivity contribution < 1.29 is 19.8 Å². The monoisotopic (exact) mass is 315 g/mol. The fourth-order valence-corrected chi connectivity index (χ4v) is 3.23. The van der Waals surface area contributed by atoms with Gasteiger partial charge in [0.15, 0.2) is 0 Å². The van der Waals surface area contributed by atoms with E-state index in [0.717, 1.165) is 4.90 Å². The molecule has 1 amide bonds. The van der Waals surface area contributed by atoms with Crippen LogP contribution in [-0.4, -0.2) is 51.4 Å². The van der Waals surface area contributed by atoms with Gasteiger partial charge in [0, 0.05) is 17.9 Å². The van der Waals surface area contributed by atoms with Gasteiger partial charge in [-0.15, -0.1) is 11.8 Å². The maximum absolute atomic E-state index is 12.1. The lowest BCUT2D eigenvalue weighted by atomic mass is 10.2. The van der Waals surface area contributed by atoms with Crippen LogP contribution >= 0.6 is 23.4 Å². The molecule has 0 saturated carbocycles. The number of aliphatic carboxylic acids is 1. The van der Waals surface area contributed by atoms with E-state index in [0.29, 0.717) is 5.02 Å². The number of carbonyl (C=O) groups is 2. The summed E-state index contributed by atoms with van der Waals surface area (Å²) < 4.78 is 0. The predicted molar refractivity (Wildman–Crippen MR) is 75.9 cm³/mol. The minimum atomic E-state index is -1.09. The molecule has 2 atom stereocenters. The van der Waals surface area contributed by atoms with Crippen molar-refractivity contribution in [1.82, 2.24) is 4.90 Å². The second-order valence-electron chi connectivity index (χ2n) is 4.51. The Bertz CT molecular complexity index is 525. The van der Waals surface area contributed by atoms with E-state index < -0.39 is 18.1 Å². The largest absolute Gasteiger partial charge is 0.480 e. The van der Waals surface area contributed by atoms with Gasteiger partial charge in [-0.1, -0.05) is 23.7 Å². The van der Waals surface area contributed by atoms with Gasteiger partial charge in [0.1, 0.15) is 6.04 Å². The highest BCUT2D eigenvalue weighted by molar-refractivity contribution is 8.00. The lowest BCUT2D eigenvalue weighted by Gasteiger charge is -2.20. The topological polar surface area (TPSA) is 77.8 Å². The number of hydrogen-bond acceptors (Lipinski definition) is 4. The van der Waals surface area contributed by atoms with Crippen molar-refractivity contribution in [2.75, 3.05) is 12.3 Å². The summed E-state index contributed by atoms with van der Waals surface area (Å²) >= 11 is 7.25. The lowest BCUT2D eigenvalue weighted by molar-refractivity contribution is -0.147. The van der Waals surface area contributed by atoms with Gasteiger partial charge in [-0.2, -0.15) is 0 Å². The second-order valence-corrected chi connectivity index (χ2v) is 5.93. The molecule has 0 spiro atoms. The van der Waals surface area contributed by atoms with Gasteiger partial charge in [0.05, 0.1) is 16.9 Å². The number of aliphatic hydroxyl groups is 1. The molecular weight excluding hydrogens is 302 g/mol. The molecule has 1 heterocycles. The first-order valence-corrected chi connectivity index (χ1v) is 7.43. The van der Waals surface area contributed by atoms with E-state index in [-0.39, 0.29) is 24.6 Å². The van der Waals surface area contributed by atoms with E-state index in [2.05, 4.69) is 0 Å². The summed E-state index contributed by atoms with van der Waals surface area (Å²) in [6.45, 7) is 0.0683. The molecule has 5 nitrogen and oxygen atoms in total. The van der Waals surface area contributed by atoms with Crippen molar-refractivity contribution in [3.63, 3.8) is 0 Å². The number of carboxylic acid groups (broad SMARTS) is 1. The van der Waals surface area contributed by atoms with E-state index in [9.17, 15) is 14.7 Å². The van der Waals surface area contributed by atoms with Crippen LogP contribution in [0.15, 0.2) is 29.2 Å². The molecule has 0 bridgehead atoms. The highest BCUT2D eigenvalue weighted by Gasteiger charge is 2.38. The number of amides is 1. The molecule has 0 aliphatic carbocycles. The van der Waals surface area contributed by atoms with Crippen LogP contribution in [0, 0.1) is 0 Å². The van der Waals surface area contributed by atoms with E-state index in [1.54, 1.807) is 18.2 Å². The van der Waals surface area contributed by atoms with Crippen molar-refractivity contribution in [3.05, 3.63) is 29.3 Å². The first-order chi connectivity index (χ1) is 9.49.